The Bertz CT molecular complexity index is 240. The predicted octanol–water partition coefficient (Wildman–Crippen LogP) is 2.69. The van der Waals surface area contributed by atoms with E-state index in [1.54, 1.807) is 0 Å². The Kier molecular flexibility index (Phi) is 1.45. The highest BCUT2D eigenvalue weighted by Crippen LogP contribution is 2.39. The summed E-state index contributed by atoms with van der Waals surface area (Å²) in [5, 5.41) is 0. The first-order valence-corrected chi connectivity index (χ1v) is 4.23. The minimum absolute atomic E-state index is 0.716. The molecule has 0 radical (unpaired) electrons. The third kappa shape index (κ3) is 0.953. The average Bonchev–Trinajstić information content (AvgIpc) is 2.30. The Hall–Kier alpha value is -0.850. The molecule has 1 aliphatic rings. The molecule has 0 fully saturated rings. The number of hydrogen-bond donors (Lipinski definition) is 0. The van der Waals surface area contributed by atoms with Crippen molar-refractivity contribution in [1.82, 2.24) is 4.98 Å². The normalized spacial score (nSPS) is 28.5. The van der Waals surface area contributed by atoms with E-state index in [0.29, 0.717) is 5.92 Å². The molecule has 1 heterocycles. The lowest BCUT2D eigenvalue weighted by molar-refractivity contribution is 0.661. The van der Waals surface area contributed by atoms with Gasteiger partial charge in [0.1, 0.15) is 0 Å². The van der Waals surface area contributed by atoms with Gasteiger partial charge in [-0.3, -0.25) is 4.98 Å². The standard InChI is InChI=1S/C10H13N/c1-7-5-8(2)10-6-11-4-3-9(7)10/h3-4,6-8H,5H2,1-2H3/t7-,8+/m1/s1. The Morgan fingerprint density at radius 2 is 2.00 bits per heavy atom. The molecule has 0 amide bonds. The Balaban J connectivity index is 2.52. The van der Waals surface area contributed by atoms with Crippen LogP contribution in [0.15, 0.2) is 18.5 Å². The summed E-state index contributed by atoms with van der Waals surface area (Å²) in [6.07, 6.45) is 5.21. The summed E-state index contributed by atoms with van der Waals surface area (Å²) >= 11 is 0. The van der Waals surface area contributed by atoms with Crippen molar-refractivity contribution in [3.8, 4) is 0 Å². The number of rotatable bonds is 0. The van der Waals surface area contributed by atoms with Gasteiger partial charge >= 0.3 is 0 Å². The van der Waals surface area contributed by atoms with Gasteiger partial charge in [0.2, 0.25) is 0 Å². The maximum atomic E-state index is 4.14. The highest BCUT2D eigenvalue weighted by atomic mass is 14.6. The minimum Gasteiger partial charge on any atom is -0.264 e. The fourth-order valence-electron chi connectivity index (χ4n) is 2.06. The van der Waals surface area contributed by atoms with Crippen LogP contribution < -0.4 is 0 Å². The van der Waals surface area contributed by atoms with Crippen LogP contribution >= 0.6 is 0 Å². The zero-order valence-electron chi connectivity index (χ0n) is 7.04. The summed E-state index contributed by atoms with van der Waals surface area (Å²) in [4.78, 5) is 4.14. The largest absolute Gasteiger partial charge is 0.264 e. The van der Waals surface area contributed by atoms with Crippen LogP contribution in [0.1, 0.15) is 43.2 Å². The molecule has 2 atom stereocenters. The summed E-state index contributed by atoms with van der Waals surface area (Å²) in [6, 6.07) is 2.16. The minimum atomic E-state index is 0.716. The molecule has 1 nitrogen and oxygen atoms in total. The van der Waals surface area contributed by atoms with Gasteiger partial charge in [-0.1, -0.05) is 13.8 Å². The second-order valence-electron chi connectivity index (χ2n) is 3.54. The molecule has 0 aliphatic heterocycles. The van der Waals surface area contributed by atoms with Crippen LogP contribution in [-0.4, -0.2) is 4.98 Å². The lowest BCUT2D eigenvalue weighted by atomic mass is 10.1. The zero-order chi connectivity index (χ0) is 7.84. The van der Waals surface area contributed by atoms with Gasteiger partial charge in [0, 0.05) is 12.4 Å². The van der Waals surface area contributed by atoms with Crippen LogP contribution in [0, 0.1) is 0 Å². The van der Waals surface area contributed by atoms with E-state index in [9.17, 15) is 0 Å². The molecule has 2 rings (SSSR count). The molecule has 0 unspecified atom stereocenters. The van der Waals surface area contributed by atoms with E-state index in [1.807, 2.05) is 12.4 Å². The van der Waals surface area contributed by atoms with Crippen molar-refractivity contribution < 1.29 is 0 Å². The number of nitrogens with zero attached hydrogens (tertiary/aromatic N) is 1. The summed E-state index contributed by atoms with van der Waals surface area (Å²) < 4.78 is 0. The summed E-state index contributed by atoms with van der Waals surface area (Å²) in [7, 11) is 0. The van der Waals surface area contributed by atoms with Gasteiger partial charge in [-0.25, -0.2) is 0 Å². The summed E-state index contributed by atoms with van der Waals surface area (Å²) in [6.45, 7) is 4.58. The lowest BCUT2D eigenvalue weighted by Gasteiger charge is -2.01. The molecular weight excluding hydrogens is 134 g/mol. The molecule has 1 aromatic heterocycles. The van der Waals surface area contributed by atoms with Gasteiger partial charge in [0.15, 0.2) is 0 Å². The fraction of sp³-hybridized carbons (Fsp3) is 0.500. The quantitative estimate of drug-likeness (QED) is 0.549. The molecule has 11 heavy (non-hydrogen) atoms. The van der Waals surface area contributed by atoms with E-state index in [2.05, 4.69) is 24.9 Å². The average molecular weight is 147 g/mol. The van der Waals surface area contributed by atoms with Crippen molar-refractivity contribution in [3.05, 3.63) is 29.6 Å². The zero-order valence-corrected chi connectivity index (χ0v) is 7.04. The predicted molar refractivity (Wildman–Crippen MR) is 45.7 cm³/mol. The van der Waals surface area contributed by atoms with Crippen molar-refractivity contribution in [2.75, 3.05) is 0 Å². The van der Waals surface area contributed by atoms with Crippen molar-refractivity contribution in [2.45, 2.75) is 32.1 Å². The van der Waals surface area contributed by atoms with Crippen LogP contribution in [0.25, 0.3) is 0 Å². The van der Waals surface area contributed by atoms with E-state index < -0.39 is 0 Å². The van der Waals surface area contributed by atoms with E-state index in [-0.39, 0.29) is 0 Å². The topological polar surface area (TPSA) is 12.9 Å². The molecule has 1 aliphatic carbocycles. The van der Waals surface area contributed by atoms with Gasteiger partial charge in [-0.2, -0.15) is 0 Å². The second-order valence-corrected chi connectivity index (χ2v) is 3.54. The first-order chi connectivity index (χ1) is 5.29. The Morgan fingerprint density at radius 3 is 2.73 bits per heavy atom. The van der Waals surface area contributed by atoms with Crippen molar-refractivity contribution in [3.63, 3.8) is 0 Å². The monoisotopic (exact) mass is 147 g/mol. The van der Waals surface area contributed by atoms with Gasteiger partial charge in [0.25, 0.3) is 0 Å². The maximum Gasteiger partial charge on any atom is 0.0305 e. The molecule has 1 aromatic rings. The van der Waals surface area contributed by atoms with Crippen molar-refractivity contribution in [1.29, 1.82) is 0 Å². The van der Waals surface area contributed by atoms with E-state index in [0.717, 1.165) is 5.92 Å². The second kappa shape index (κ2) is 2.33. The van der Waals surface area contributed by atoms with Crippen LogP contribution in [-0.2, 0) is 0 Å². The highest BCUT2D eigenvalue weighted by molar-refractivity contribution is 5.34. The van der Waals surface area contributed by atoms with Crippen LogP contribution in [0.2, 0.25) is 0 Å². The molecule has 0 aromatic carbocycles. The molecular formula is C10H13N. The van der Waals surface area contributed by atoms with Crippen molar-refractivity contribution >= 4 is 0 Å². The first-order valence-electron chi connectivity index (χ1n) is 4.23. The number of fused-ring (bicyclic) bond motifs is 1. The number of aromatic nitrogens is 1. The smallest absolute Gasteiger partial charge is 0.0305 e. The first kappa shape index (κ1) is 6.84. The number of pyridine rings is 1. The Morgan fingerprint density at radius 1 is 1.27 bits per heavy atom. The van der Waals surface area contributed by atoms with Gasteiger partial charge in [-0.15, -0.1) is 0 Å². The molecule has 58 valence electrons. The van der Waals surface area contributed by atoms with Gasteiger partial charge in [-0.05, 0) is 35.4 Å². The molecule has 0 saturated carbocycles. The summed E-state index contributed by atoms with van der Waals surface area (Å²) in [5.74, 6) is 1.46. The third-order valence-corrected chi connectivity index (χ3v) is 2.66. The third-order valence-electron chi connectivity index (χ3n) is 2.66. The van der Waals surface area contributed by atoms with Crippen molar-refractivity contribution in [2.24, 2.45) is 0 Å². The molecule has 0 N–H and O–H groups in total. The fourth-order valence-corrected chi connectivity index (χ4v) is 2.06. The van der Waals surface area contributed by atoms with Gasteiger partial charge < -0.3 is 0 Å². The van der Waals surface area contributed by atoms with E-state index in [1.165, 1.54) is 17.5 Å². The molecule has 0 spiro atoms. The maximum absolute atomic E-state index is 4.14. The summed E-state index contributed by atoms with van der Waals surface area (Å²) in [5.41, 5.74) is 2.97. The van der Waals surface area contributed by atoms with E-state index >= 15 is 0 Å². The number of hydrogen-bond acceptors (Lipinski definition) is 1. The van der Waals surface area contributed by atoms with Gasteiger partial charge in [0.05, 0.1) is 0 Å². The lowest BCUT2D eigenvalue weighted by Crippen LogP contribution is -1.86. The van der Waals surface area contributed by atoms with E-state index in [4.69, 9.17) is 0 Å². The van der Waals surface area contributed by atoms with Crippen LogP contribution in [0.5, 0.6) is 0 Å². The Labute approximate surface area is 67.5 Å². The molecule has 0 saturated heterocycles. The molecule has 1 heteroatoms. The molecule has 0 bridgehead atoms. The van der Waals surface area contributed by atoms with Crippen LogP contribution in [0.3, 0.4) is 0 Å². The SMILES string of the molecule is C[C@@H]1C[C@H](C)c2cnccc21. The highest BCUT2D eigenvalue weighted by Gasteiger charge is 2.24. The van der Waals surface area contributed by atoms with Crippen LogP contribution in [0.4, 0.5) is 0 Å².